The molecule has 0 spiro atoms. The maximum absolute atomic E-state index is 12.7. The number of para-hydroxylation sites is 1. The van der Waals surface area contributed by atoms with Gasteiger partial charge in [0.2, 0.25) is 0 Å². The highest BCUT2D eigenvalue weighted by atomic mass is 16.1. The smallest absolute Gasteiger partial charge is 0.300 e. The number of nitrogens with zero attached hydrogens (tertiary/aromatic N) is 4. The summed E-state index contributed by atoms with van der Waals surface area (Å²) in [7, 11) is 0. The summed E-state index contributed by atoms with van der Waals surface area (Å²) in [6, 6.07) is 14.1. The molecule has 0 atom stereocenters. The van der Waals surface area contributed by atoms with Crippen LogP contribution in [0.2, 0.25) is 0 Å². The Labute approximate surface area is 135 Å². The van der Waals surface area contributed by atoms with Crippen molar-refractivity contribution in [2.75, 3.05) is 5.84 Å². The van der Waals surface area contributed by atoms with Crippen LogP contribution in [0.15, 0.2) is 58.1 Å². The monoisotopic (exact) mass is 319 g/mol. The zero-order valence-electron chi connectivity index (χ0n) is 12.8. The highest BCUT2D eigenvalue weighted by Gasteiger charge is 2.15. The van der Waals surface area contributed by atoms with Crippen LogP contribution in [0.1, 0.15) is 5.56 Å². The number of aryl methyl sites for hydroxylation is 1. The molecular formula is C17H13N5O2. The normalized spacial score (nSPS) is 11.2. The first-order chi connectivity index (χ1) is 11.6. The molecule has 0 aliphatic rings. The van der Waals surface area contributed by atoms with Crippen LogP contribution in [0.5, 0.6) is 0 Å². The van der Waals surface area contributed by atoms with Crippen molar-refractivity contribution < 1.29 is 0 Å². The van der Waals surface area contributed by atoms with Gasteiger partial charge in [-0.05, 0) is 19.1 Å². The van der Waals surface area contributed by atoms with E-state index in [1.807, 2.05) is 19.1 Å². The zero-order valence-corrected chi connectivity index (χ0v) is 12.8. The highest BCUT2D eigenvalue weighted by Crippen LogP contribution is 2.14. The Hall–Kier alpha value is -3.48. The van der Waals surface area contributed by atoms with E-state index in [4.69, 9.17) is 5.84 Å². The van der Waals surface area contributed by atoms with Crippen molar-refractivity contribution in [1.29, 1.82) is 0 Å². The number of fused-ring (bicyclic) bond motifs is 2. The van der Waals surface area contributed by atoms with Gasteiger partial charge in [-0.15, -0.1) is 0 Å². The molecule has 2 aromatic carbocycles. The number of benzene rings is 2. The molecule has 2 N–H and O–H groups in total. The first kappa shape index (κ1) is 14.1. The molecular weight excluding hydrogens is 306 g/mol. The number of hydrogen-bond acceptors (Lipinski definition) is 5. The predicted octanol–water partition coefficient (Wildman–Crippen LogP) is 1.09. The minimum absolute atomic E-state index is 0.000406. The molecule has 24 heavy (non-hydrogen) atoms. The van der Waals surface area contributed by atoms with Gasteiger partial charge in [-0.1, -0.05) is 42.0 Å². The maximum Gasteiger partial charge on any atom is 0.300 e. The molecule has 2 aromatic heterocycles. The van der Waals surface area contributed by atoms with Crippen LogP contribution >= 0.6 is 0 Å². The van der Waals surface area contributed by atoms with Crippen molar-refractivity contribution in [2.45, 2.75) is 6.92 Å². The molecule has 2 heterocycles. The zero-order chi connectivity index (χ0) is 16.8. The molecule has 0 saturated carbocycles. The number of rotatable bonds is 1. The average Bonchev–Trinajstić information content (AvgIpc) is 2.60. The number of hydrogen-bond donors (Lipinski definition) is 1. The van der Waals surface area contributed by atoms with Crippen LogP contribution in [0.3, 0.4) is 0 Å². The van der Waals surface area contributed by atoms with Crippen LogP contribution in [0.25, 0.3) is 27.9 Å². The maximum atomic E-state index is 12.7. The highest BCUT2D eigenvalue weighted by molar-refractivity contribution is 5.79. The molecule has 4 rings (SSSR count). The van der Waals surface area contributed by atoms with E-state index in [1.54, 1.807) is 36.4 Å². The van der Waals surface area contributed by atoms with Gasteiger partial charge in [0.1, 0.15) is 0 Å². The van der Waals surface area contributed by atoms with Crippen LogP contribution in [-0.2, 0) is 0 Å². The average molecular weight is 319 g/mol. The summed E-state index contributed by atoms with van der Waals surface area (Å²) >= 11 is 0. The summed E-state index contributed by atoms with van der Waals surface area (Å²) < 4.78 is 1.93. The Kier molecular flexibility index (Phi) is 2.96. The van der Waals surface area contributed by atoms with E-state index in [9.17, 15) is 9.59 Å². The third kappa shape index (κ3) is 1.98. The quantitative estimate of drug-likeness (QED) is 0.418. The van der Waals surface area contributed by atoms with Gasteiger partial charge in [0.05, 0.1) is 10.9 Å². The van der Waals surface area contributed by atoms with Crippen molar-refractivity contribution in [2.24, 2.45) is 0 Å². The van der Waals surface area contributed by atoms with Crippen molar-refractivity contribution in [3.8, 4) is 11.3 Å². The van der Waals surface area contributed by atoms with Gasteiger partial charge in [-0.3, -0.25) is 9.59 Å². The summed E-state index contributed by atoms with van der Waals surface area (Å²) in [4.78, 5) is 29.5. The molecule has 7 nitrogen and oxygen atoms in total. The number of nitrogen functional groups attached to an aromatic ring is 1. The van der Waals surface area contributed by atoms with Gasteiger partial charge in [0.15, 0.2) is 5.69 Å². The molecule has 0 unspecified atom stereocenters. The third-order valence-corrected chi connectivity index (χ3v) is 3.90. The third-order valence-electron chi connectivity index (χ3n) is 3.90. The Morgan fingerprint density at radius 3 is 2.42 bits per heavy atom. The largest absolute Gasteiger partial charge is 0.333 e. The predicted molar refractivity (Wildman–Crippen MR) is 91.3 cm³/mol. The Balaban J connectivity index is 2.14. The van der Waals surface area contributed by atoms with Crippen molar-refractivity contribution in [3.05, 3.63) is 74.8 Å². The Morgan fingerprint density at radius 2 is 1.67 bits per heavy atom. The molecule has 7 heteroatoms. The SMILES string of the molecule is Cc1ccc(-c2nn3c(=O)c4ccccc4nc3n(N)c2=O)cc1. The standard InChI is InChI=1S/C17H13N5O2/c1-10-6-8-11(9-7-10)14-16(24)21(18)17-19-13-5-3-2-4-12(13)15(23)22(17)20-14/h2-9H,18H2,1H3. The van der Waals surface area contributed by atoms with E-state index >= 15 is 0 Å². The van der Waals surface area contributed by atoms with E-state index in [2.05, 4.69) is 10.1 Å². The summed E-state index contributed by atoms with van der Waals surface area (Å²) in [5.74, 6) is 5.89. The van der Waals surface area contributed by atoms with Crippen LogP contribution < -0.4 is 17.0 Å². The summed E-state index contributed by atoms with van der Waals surface area (Å²) in [5, 5.41) is 4.63. The minimum atomic E-state index is -0.513. The van der Waals surface area contributed by atoms with Gasteiger partial charge >= 0.3 is 0 Å². The van der Waals surface area contributed by atoms with E-state index in [-0.39, 0.29) is 17.0 Å². The first-order valence-corrected chi connectivity index (χ1v) is 7.33. The van der Waals surface area contributed by atoms with Gasteiger partial charge in [-0.2, -0.15) is 14.3 Å². The molecule has 118 valence electrons. The van der Waals surface area contributed by atoms with Gasteiger partial charge < -0.3 is 5.84 Å². The molecule has 0 saturated heterocycles. The van der Waals surface area contributed by atoms with Crippen LogP contribution in [0.4, 0.5) is 0 Å². The Bertz CT molecular complexity index is 1210. The summed E-state index contributed by atoms with van der Waals surface area (Å²) in [6.07, 6.45) is 0. The lowest BCUT2D eigenvalue weighted by atomic mass is 10.1. The molecule has 0 bridgehead atoms. The lowest BCUT2D eigenvalue weighted by molar-refractivity contribution is 0.783. The number of nitrogens with two attached hydrogens (primary N) is 1. The summed E-state index contributed by atoms with van der Waals surface area (Å²) in [6.45, 7) is 1.94. The van der Waals surface area contributed by atoms with E-state index in [1.165, 1.54) is 0 Å². The fraction of sp³-hybridized carbons (Fsp3) is 0.0588. The van der Waals surface area contributed by atoms with E-state index < -0.39 is 5.56 Å². The van der Waals surface area contributed by atoms with Crippen molar-refractivity contribution in [3.63, 3.8) is 0 Å². The number of aromatic nitrogens is 4. The second-order valence-corrected chi connectivity index (χ2v) is 5.54. The molecule has 0 radical (unpaired) electrons. The van der Waals surface area contributed by atoms with E-state index in [0.29, 0.717) is 16.5 Å². The minimum Gasteiger partial charge on any atom is -0.333 e. The first-order valence-electron chi connectivity index (χ1n) is 7.33. The van der Waals surface area contributed by atoms with E-state index in [0.717, 1.165) is 14.8 Å². The molecule has 0 fully saturated rings. The second kappa shape index (κ2) is 5.02. The topological polar surface area (TPSA) is 95.3 Å². The summed E-state index contributed by atoms with van der Waals surface area (Å²) in [5.41, 5.74) is 1.32. The second-order valence-electron chi connectivity index (χ2n) is 5.54. The van der Waals surface area contributed by atoms with Crippen molar-refractivity contribution >= 4 is 16.7 Å². The fourth-order valence-corrected chi connectivity index (χ4v) is 2.60. The lowest BCUT2D eigenvalue weighted by Gasteiger charge is -2.09. The fourth-order valence-electron chi connectivity index (χ4n) is 2.60. The van der Waals surface area contributed by atoms with Crippen molar-refractivity contribution in [1.82, 2.24) is 19.3 Å². The van der Waals surface area contributed by atoms with Crippen LogP contribution in [-0.4, -0.2) is 19.3 Å². The molecule has 4 aromatic rings. The molecule has 0 aliphatic heterocycles. The molecule has 0 amide bonds. The Morgan fingerprint density at radius 1 is 0.958 bits per heavy atom. The van der Waals surface area contributed by atoms with Gasteiger partial charge in [0.25, 0.3) is 16.9 Å². The van der Waals surface area contributed by atoms with Gasteiger partial charge in [-0.25, -0.2) is 4.98 Å². The molecule has 0 aliphatic carbocycles. The van der Waals surface area contributed by atoms with Gasteiger partial charge in [0, 0.05) is 5.56 Å². The lowest BCUT2D eigenvalue weighted by Crippen LogP contribution is -2.36. The van der Waals surface area contributed by atoms with Crippen LogP contribution in [0, 0.1) is 6.92 Å².